The van der Waals surface area contributed by atoms with Gasteiger partial charge in [-0.25, -0.2) is 18.4 Å². The summed E-state index contributed by atoms with van der Waals surface area (Å²) in [5.74, 6) is 2.13. The number of carbonyl (C=O) groups is 1. The van der Waals surface area contributed by atoms with E-state index >= 15 is 0 Å². The number of benzene rings is 1. The van der Waals surface area contributed by atoms with Crippen LogP contribution in [-0.2, 0) is 16.4 Å². The number of aromatic nitrogens is 2. The molecular formula is C22H26N4O5S2. The molecule has 1 unspecified atom stereocenters. The fourth-order valence-corrected chi connectivity index (χ4v) is 6.97. The van der Waals surface area contributed by atoms with E-state index in [0.717, 1.165) is 16.5 Å². The number of ether oxygens (including phenoxy) is 2. The molecule has 11 heteroatoms. The first-order valence-corrected chi connectivity index (χ1v) is 13.1. The predicted octanol–water partition coefficient (Wildman–Crippen LogP) is 2.79. The third kappa shape index (κ3) is 4.88. The number of nitrogens with zero attached hydrogens (tertiary/aromatic N) is 2. The van der Waals surface area contributed by atoms with Crippen LogP contribution < -0.4 is 20.1 Å². The maximum absolute atomic E-state index is 13.0. The quantitative estimate of drug-likeness (QED) is 0.495. The van der Waals surface area contributed by atoms with E-state index in [2.05, 4.69) is 20.6 Å². The maximum Gasteiger partial charge on any atom is 0.261 e. The molecule has 0 aliphatic carbocycles. The van der Waals surface area contributed by atoms with Crippen molar-refractivity contribution in [3.05, 3.63) is 40.5 Å². The van der Waals surface area contributed by atoms with Crippen molar-refractivity contribution in [1.29, 1.82) is 0 Å². The Morgan fingerprint density at radius 1 is 1.21 bits per heavy atom. The van der Waals surface area contributed by atoms with Crippen LogP contribution in [0.2, 0.25) is 0 Å². The Hall–Kier alpha value is -2.92. The Balaban J connectivity index is 1.53. The normalized spacial score (nSPS) is 17.1. The number of rotatable bonds is 8. The minimum Gasteiger partial charge on any atom is -0.496 e. The van der Waals surface area contributed by atoms with E-state index in [4.69, 9.17) is 9.47 Å². The molecule has 1 aromatic carbocycles. The highest BCUT2D eigenvalue weighted by atomic mass is 32.2. The second-order valence-corrected chi connectivity index (χ2v) is 11.2. The molecule has 0 saturated carbocycles. The summed E-state index contributed by atoms with van der Waals surface area (Å²) in [5, 5.41) is 7.00. The lowest BCUT2D eigenvalue weighted by molar-refractivity contribution is 0.0954. The second-order valence-electron chi connectivity index (χ2n) is 7.93. The Morgan fingerprint density at radius 3 is 2.58 bits per heavy atom. The highest BCUT2D eigenvalue weighted by Crippen LogP contribution is 2.34. The van der Waals surface area contributed by atoms with Crippen molar-refractivity contribution in [2.24, 2.45) is 5.92 Å². The topological polar surface area (TPSA) is 120 Å². The van der Waals surface area contributed by atoms with Crippen molar-refractivity contribution in [1.82, 2.24) is 15.3 Å². The minimum absolute atomic E-state index is 0.0533. The fourth-order valence-electron chi connectivity index (χ4n) is 4.05. The van der Waals surface area contributed by atoms with Crippen molar-refractivity contribution < 1.29 is 22.7 Å². The van der Waals surface area contributed by atoms with Crippen LogP contribution in [0.25, 0.3) is 10.2 Å². The first kappa shape index (κ1) is 23.2. The molecule has 0 bridgehead atoms. The van der Waals surface area contributed by atoms with Gasteiger partial charge in [-0.2, -0.15) is 0 Å². The van der Waals surface area contributed by atoms with Gasteiger partial charge >= 0.3 is 0 Å². The number of sulfone groups is 1. The Morgan fingerprint density at radius 2 is 1.94 bits per heavy atom. The van der Waals surface area contributed by atoms with E-state index in [1.165, 1.54) is 17.7 Å². The summed E-state index contributed by atoms with van der Waals surface area (Å²) in [7, 11) is 0.209. The van der Waals surface area contributed by atoms with Crippen molar-refractivity contribution >= 4 is 43.1 Å². The third-order valence-electron chi connectivity index (χ3n) is 5.77. The number of methoxy groups -OCH3 is 2. The number of amides is 1. The van der Waals surface area contributed by atoms with Crippen molar-refractivity contribution in [3.8, 4) is 11.5 Å². The monoisotopic (exact) mass is 490 g/mol. The predicted molar refractivity (Wildman–Crippen MR) is 128 cm³/mol. The third-order valence-corrected chi connectivity index (χ3v) is 8.81. The molecule has 33 heavy (non-hydrogen) atoms. The summed E-state index contributed by atoms with van der Waals surface area (Å²) in [6.45, 7) is 2.62. The molecule has 2 N–H and O–H groups in total. The summed E-state index contributed by atoms with van der Waals surface area (Å²) >= 11 is 1.30. The number of fused-ring (bicyclic) bond motifs is 1. The Bertz CT molecular complexity index is 1270. The van der Waals surface area contributed by atoms with Crippen LogP contribution in [0.1, 0.15) is 27.2 Å². The zero-order chi connectivity index (χ0) is 23.6. The van der Waals surface area contributed by atoms with Gasteiger partial charge in [-0.3, -0.25) is 4.79 Å². The minimum atomic E-state index is -2.94. The standard InChI is InChI=1S/C22H26N4O5S2/c1-13-18-20(23-9-14-7-8-33(28,29)11-14)25-12-26-22(18)32-19(13)21(27)24-10-15-16(30-2)5-4-6-17(15)31-3/h4-6,12,14H,7-11H2,1-3H3,(H,24,27)(H,23,25,26). The highest BCUT2D eigenvalue weighted by molar-refractivity contribution is 7.91. The molecule has 0 radical (unpaired) electrons. The molecule has 0 spiro atoms. The van der Waals surface area contributed by atoms with Crippen LogP contribution in [0.3, 0.4) is 0 Å². The lowest BCUT2D eigenvalue weighted by Gasteiger charge is -2.13. The smallest absolute Gasteiger partial charge is 0.261 e. The zero-order valence-corrected chi connectivity index (χ0v) is 20.3. The summed E-state index contributed by atoms with van der Waals surface area (Å²) in [4.78, 5) is 23.0. The molecule has 2 aromatic heterocycles. The van der Waals surface area contributed by atoms with Crippen LogP contribution in [0, 0.1) is 12.8 Å². The van der Waals surface area contributed by atoms with Gasteiger partial charge in [0.1, 0.15) is 28.5 Å². The molecule has 1 saturated heterocycles. The van der Waals surface area contributed by atoms with E-state index < -0.39 is 9.84 Å². The van der Waals surface area contributed by atoms with Gasteiger partial charge < -0.3 is 20.1 Å². The SMILES string of the molecule is COc1cccc(OC)c1CNC(=O)c1sc2ncnc(NCC3CCS(=O)(=O)C3)c2c1C. The number of carbonyl (C=O) groups excluding carboxylic acids is 1. The first-order chi connectivity index (χ1) is 15.8. The largest absolute Gasteiger partial charge is 0.496 e. The molecule has 1 amide bonds. The number of hydrogen-bond acceptors (Lipinski definition) is 9. The molecule has 3 heterocycles. The van der Waals surface area contributed by atoms with E-state index in [1.54, 1.807) is 14.2 Å². The Labute approximate surface area is 196 Å². The van der Waals surface area contributed by atoms with Gasteiger partial charge in [-0.05, 0) is 37.0 Å². The number of anilines is 1. The van der Waals surface area contributed by atoms with E-state index in [-0.39, 0.29) is 29.9 Å². The van der Waals surface area contributed by atoms with Crippen molar-refractivity contribution in [2.75, 3.05) is 37.6 Å². The molecule has 4 rings (SSSR count). The van der Waals surface area contributed by atoms with E-state index in [0.29, 0.717) is 40.0 Å². The van der Waals surface area contributed by atoms with Gasteiger partial charge in [0.15, 0.2) is 9.84 Å². The van der Waals surface area contributed by atoms with Crippen LogP contribution in [0.5, 0.6) is 11.5 Å². The van der Waals surface area contributed by atoms with Gasteiger partial charge in [-0.15, -0.1) is 11.3 Å². The number of aryl methyl sites for hydroxylation is 1. The average molecular weight is 491 g/mol. The zero-order valence-electron chi connectivity index (χ0n) is 18.7. The van der Waals surface area contributed by atoms with Gasteiger partial charge in [0.25, 0.3) is 5.91 Å². The van der Waals surface area contributed by atoms with Gasteiger partial charge in [-0.1, -0.05) is 6.07 Å². The lowest BCUT2D eigenvalue weighted by Crippen LogP contribution is -2.23. The van der Waals surface area contributed by atoms with Crippen LogP contribution >= 0.6 is 11.3 Å². The molecule has 1 aliphatic heterocycles. The molecule has 9 nitrogen and oxygen atoms in total. The molecule has 1 atom stereocenters. The number of nitrogens with one attached hydrogen (secondary N) is 2. The van der Waals surface area contributed by atoms with E-state index in [9.17, 15) is 13.2 Å². The van der Waals surface area contributed by atoms with Crippen LogP contribution in [0.4, 0.5) is 5.82 Å². The summed E-state index contributed by atoms with van der Waals surface area (Å²) < 4.78 is 34.3. The van der Waals surface area contributed by atoms with Gasteiger partial charge in [0.2, 0.25) is 0 Å². The molecule has 1 aliphatic rings. The van der Waals surface area contributed by atoms with Crippen molar-refractivity contribution in [3.63, 3.8) is 0 Å². The molecule has 1 fully saturated rings. The molecule has 176 valence electrons. The van der Waals surface area contributed by atoms with Gasteiger partial charge in [0.05, 0.1) is 48.1 Å². The highest BCUT2D eigenvalue weighted by Gasteiger charge is 2.28. The number of thiophene rings is 1. The van der Waals surface area contributed by atoms with Crippen molar-refractivity contribution in [2.45, 2.75) is 19.9 Å². The summed E-state index contributed by atoms with van der Waals surface area (Å²) in [6, 6.07) is 5.46. The number of hydrogen-bond donors (Lipinski definition) is 2. The molecule has 3 aromatic rings. The summed E-state index contributed by atoms with van der Waals surface area (Å²) in [5.41, 5.74) is 1.53. The maximum atomic E-state index is 13.0. The second kappa shape index (κ2) is 9.52. The van der Waals surface area contributed by atoms with Gasteiger partial charge in [0, 0.05) is 6.54 Å². The lowest BCUT2D eigenvalue weighted by atomic mass is 10.1. The van der Waals surface area contributed by atoms with Crippen LogP contribution in [0.15, 0.2) is 24.5 Å². The average Bonchev–Trinajstić information content (AvgIpc) is 3.34. The fraction of sp³-hybridized carbons (Fsp3) is 0.409. The van der Waals surface area contributed by atoms with E-state index in [1.807, 2.05) is 25.1 Å². The molecular weight excluding hydrogens is 464 g/mol. The summed E-state index contributed by atoms with van der Waals surface area (Å²) in [6.07, 6.45) is 2.10. The van der Waals surface area contributed by atoms with Crippen LogP contribution in [-0.4, -0.2) is 56.6 Å². The Kier molecular flexibility index (Phi) is 6.71. The first-order valence-electron chi connectivity index (χ1n) is 10.5.